The summed E-state index contributed by atoms with van der Waals surface area (Å²) in [6.07, 6.45) is 4.68. The zero-order valence-corrected chi connectivity index (χ0v) is 10.1. The molecule has 0 spiro atoms. The van der Waals surface area contributed by atoms with Gasteiger partial charge >= 0.3 is 0 Å². The van der Waals surface area contributed by atoms with Gasteiger partial charge in [-0.3, -0.25) is 4.79 Å². The summed E-state index contributed by atoms with van der Waals surface area (Å²) in [5.74, 6) is 5.95. The fourth-order valence-electron chi connectivity index (χ4n) is 1.98. The number of nitrogens with zero attached hydrogens (tertiary/aromatic N) is 3. The average molecular weight is 235 g/mol. The van der Waals surface area contributed by atoms with E-state index in [4.69, 9.17) is 5.84 Å². The van der Waals surface area contributed by atoms with Crippen LogP contribution in [0, 0.1) is 0 Å². The molecule has 0 fully saturated rings. The molecule has 6 heteroatoms. The van der Waals surface area contributed by atoms with Crippen molar-refractivity contribution >= 4 is 11.0 Å². The first-order chi connectivity index (χ1) is 8.15. The van der Waals surface area contributed by atoms with Crippen molar-refractivity contribution < 1.29 is 0 Å². The van der Waals surface area contributed by atoms with Crippen LogP contribution in [0.4, 0.5) is 0 Å². The second-order valence-electron chi connectivity index (χ2n) is 4.30. The van der Waals surface area contributed by atoms with Crippen LogP contribution in [0.25, 0.3) is 11.0 Å². The van der Waals surface area contributed by atoms with Crippen LogP contribution in [0.2, 0.25) is 0 Å². The summed E-state index contributed by atoms with van der Waals surface area (Å²) >= 11 is 0. The summed E-state index contributed by atoms with van der Waals surface area (Å²) in [5, 5.41) is 4.22. The molecule has 0 amide bonds. The lowest BCUT2D eigenvalue weighted by molar-refractivity contribution is 0.604. The van der Waals surface area contributed by atoms with Gasteiger partial charge < -0.3 is 10.8 Å². The van der Waals surface area contributed by atoms with Gasteiger partial charge in [0.05, 0.1) is 12.0 Å². The van der Waals surface area contributed by atoms with Crippen LogP contribution in [-0.4, -0.2) is 19.9 Å². The third kappa shape index (κ3) is 2.02. The number of hydrogen-bond acceptors (Lipinski definition) is 4. The van der Waals surface area contributed by atoms with E-state index in [-0.39, 0.29) is 11.5 Å². The van der Waals surface area contributed by atoms with Crippen molar-refractivity contribution in [1.82, 2.24) is 19.9 Å². The molecule has 0 saturated carbocycles. The summed E-state index contributed by atoms with van der Waals surface area (Å²) < 4.78 is 0. The first kappa shape index (κ1) is 11.6. The van der Waals surface area contributed by atoms with Crippen molar-refractivity contribution in [3.63, 3.8) is 0 Å². The van der Waals surface area contributed by atoms with Crippen LogP contribution in [-0.2, 0) is 0 Å². The maximum atomic E-state index is 11.6. The monoisotopic (exact) mass is 235 g/mol. The molecule has 0 saturated heterocycles. The molecule has 17 heavy (non-hydrogen) atoms. The molecule has 6 nitrogen and oxygen atoms in total. The van der Waals surface area contributed by atoms with E-state index in [1.54, 1.807) is 0 Å². The highest BCUT2D eigenvalue weighted by molar-refractivity contribution is 5.76. The van der Waals surface area contributed by atoms with Crippen molar-refractivity contribution in [3.8, 4) is 0 Å². The van der Waals surface area contributed by atoms with Gasteiger partial charge in [0.25, 0.3) is 5.56 Å². The Kier molecular flexibility index (Phi) is 3.12. The summed E-state index contributed by atoms with van der Waals surface area (Å²) in [4.78, 5) is 19.4. The van der Waals surface area contributed by atoms with Crippen LogP contribution >= 0.6 is 0 Å². The minimum Gasteiger partial charge on any atom is -0.322 e. The molecule has 0 aliphatic heterocycles. The molecule has 0 aliphatic rings. The average Bonchev–Trinajstić information content (AvgIpc) is 2.65. The van der Waals surface area contributed by atoms with Gasteiger partial charge in [-0.05, 0) is 6.42 Å². The molecular weight excluding hydrogens is 218 g/mol. The molecule has 3 N–H and O–H groups in total. The Hall–Kier alpha value is -1.85. The van der Waals surface area contributed by atoms with Gasteiger partial charge in [0.1, 0.15) is 5.52 Å². The lowest BCUT2D eigenvalue weighted by atomic mass is 10.0. The number of aromatic amines is 1. The lowest BCUT2D eigenvalue weighted by Gasteiger charge is -2.06. The minimum atomic E-state index is -0.251. The lowest BCUT2D eigenvalue weighted by Crippen LogP contribution is -2.17. The predicted octanol–water partition coefficient (Wildman–Crippen LogP) is 1.13. The topological polar surface area (TPSA) is 89.6 Å². The Morgan fingerprint density at radius 3 is 3.06 bits per heavy atom. The highest BCUT2D eigenvalue weighted by Gasteiger charge is 2.18. The SMILES string of the molecule is CCCCC(C)c1nn(N)c2c(=O)[nH]cnc12. The van der Waals surface area contributed by atoms with E-state index in [1.807, 2.05) is 0 Å². The largest absolute Gasteiger partial charge is 0.322 e. The first-order valence-corrected chi connectivity index (χ1v) is 5.86. The van der Waals surface area contributed by atoms with Crippen molar-refractivity contribution in [1.29, 1.82) is 0 Å². The van der Waals surface area contributed by atoms with Crippen LogP contribution < -0.4 is 11.4 Å². The molecule has 2 aromatic rings. The van der Waals surface area contributed by atoms with E-state index in [2.05, 4.69) is 28.9 Å². The fourth-order valence-corrected chi connectivity index (χ4v) is 1.98. The predicted molar refractivity (Wildman–Crippen MR) is 66.2 cm³/mol. The molecule has 1 unspecified atom stereocenters. The number of hydrogen-bond donors (Lipinski definition) is 2. The number of aromatic nitrogens is 4. The van der Waals surface area contributed by atoms with Gasteiger partial charge in [0.15, 0.2) is 5.52 Å². The Labute approximate surface area is 98.8 Å². The van der Waals surface area contributed by atoms with Crippen molar-refractivity contribution in [2.45, 2.75) is 39.0 Å². The zero-order chi connectivity index (χ0) is 12.4. The summed E-state index contributed by atoms with van der Waals surface area (Å²) in [7, 11) is 0. The highest BCUT2D eigenvalue weighted by Crippen LogP contribution is 2.24. The molecule has 92 valence electrons. The van der Waals surface area contributed by atoms with Crippen molar-refractivity contribution in [2.24, 2.45) is 0 Å². The Morgan fingerprint density at radius 2 is 2.35 bits per heavy atom. The zero-order valence-electron chi connectivity index (χ0n) is 10.1. The molecule has 2 heterocycles. The molecule has 2 rings (SSSR count). The normalized spacial score (nSPS) is 13.1. The van der Waals surface area contributed by atoms with Crippen LogP contribution in [0.5, 0.6) is 0 Å². The van der Waals surface area contributed by atoms with Gasteiger partial charge in [-0.1, -0.05) is 26.7 Å². The fraction of sp³-hybridized carbons (Fsp3) is 0.545. The van der Waals surface area contributed by atoms with Crippen LogP contribution in [0.1, 0.15) is 44.7 Å². The molecule has 0 aromatic carbocycles. The molecule has 1 atom stereocenters. The molecule has 0 aliphatic carbocycles. The molecule has 0 radical (unpaired) electrons. The standard InChI is InChI=1S/C11H17N5O/c1-3-4-5-7(2)8-9-10(16(12)15-8)11(17)14-6-13-9/h6-7H,3-5,12H2,1-2H3,(H,13,14,17). The van der Waals surface area contributed by atoms with E-state index in [0.717, 1.165) is 29.7 Å². The van der Waals surface area contributed by atoms with Gasteiger partial charge in [0.2, 0.25) is 0 Å². The van der Waals surface area contributed by atoms with E-state index in [0.29, 0.717) is 11.0 Å². The van der Waals surface area contributed by atoms with Crippen LogP contribution in [0.15, 0.2) is 11.1 Å². The number of fused-ring (bicyclic) bond motifs is 1. The van der Waals surface area contributed by atoms with E-state index >= 15 is 0 Å². The first-order valence-electron chi connectivity index (χ1n) is 5.86. The summed E-state index contributed by atoms with van der Waals surface area (Å²) in [6, 6.07) is 0. The number of nitrogens with one attached hydrogen (secondary N) is 1. The Morgan fingerprint density at radius 1 is 1.59 bits per heavy atom. The van der Waals surface area contributed by atoms with Gasteiger partial charge in [0, 0.05) is 5.92 Å². The van der Waals surface area contributed by atoms with Crippen molar-refractivity contribution in [3.05, 3.63) is 22.4 Å². The van der Waals surface area contributed by atoms with Gasteiger partial charge in [-0.25, -0.2) is 4.98 Å². The quantitative estimate of drug-likeness (QED) is 0.777. The maximum absolute atomic E-state index is 11.6. The van der Waals surface area contributed by atoms with E-state index in [1.165, 1.54) is 6.33 Å². The number of rotatable bonds is 4. The van der Waals surface area contributed by atoms with Gasteiger partial charge in [-0.2, -0.15) is 9.89 Å². The Bertz CT molecular complexity index is 571. The van der Waals surface area contributed by atoms with Crippen LogP contribution in [0.3, 0.4) is 0 Å². The number of H-pyrrole nitrogens is 1. The minimum absolute atomic E-state index is 0.251. The number of nitrogens with two attached hydrogens (primary N) is 1. The molecular formula is C11H17N5O. The molecule has 2 aromatic heterocycles. The Balaban J connectivity index is 2.49. The number of unbranched alkanes of at least 4 members (excludes halogenated alkanes) is 1. The summed E-state index contributed by atoms with van der Waals surface area (Å²) in [6.45, 7) is 4.23. The third-order valence-electron chi connectivity index (χ3n) is 2.97. The number of nitrogen functional groups attached to an aromatic ring is 1. The summed E-state index contributed by atoms with van der Waals surface area (Å²) in [5.41, 5.74) is 1.51. The highest BCUT2D eigenvalue weighted by atomic mass is 16.1. The van der Waals surface area contributed by atoms with Gasteiger partial charge in [-0.15, -0.1) is 0 Å². The van der Waals surface area contributed by atoms with Crippen molar-refractivity contribution in [2.75, 3.05) is 5.84 Å². The smallest absolute Gasteiger partial charge is 0.279 e. The second-order valence-corrected chi connectivity index (χ2v) is 4.30. The van der Waals surface area contributed by atoms with E-state index < -0.39 is 0 Å². The van der Waals surface area contributed by atoms with E-state index in [9.17, 15) is 4.79 Å². The second kappa shape index (κ2) is 4.57. The molecule has 0 bridgehead atoms. The third-order valence-corrected chi connectivity index (χ3v) is 2.97. The maximum Gasteiger partial charge on any atom is 0.279 e.